The predicted molar refractivity (Wildman–Crippen MR) is 164 cm³/mol. The summed E-state index contributed by atoms with van der Waals surface area (Å²) in [5.41, 5.74) is 2.53. The normalized spacial score (nSPS) is 12.3. The van der Waals surface area contributed by atoms with Gasteiger partial charge < -0.3 is 14.0 Å². The topological polar surface area (TPSA) is 35.5 Å². The molecule has 0 saturated heterocycles. The van der Waals surface area contributed by atoms with Crippen molar-refractivity contribution < 1.29 is 18.8 Å². The monoisotopic (exact) mass is 538 g/mol. The second-order valence-corrected chi connectivity index (χ2v) is 11.6. The highest BCUT2D eigenvalue weighted by atomic mass is 16.5. The van der Waals surface area contributed by atoms with Crippen LogP contribution in [-0.4, -0.2) is 43.8 Å². The van der Waals surface area contributed by atoms with Crippen molar-refractivity contribution in [3.8, 4) is 5.75 Å². The summed E-state index contributed by atoms with van der Waals surface area (Å²) in [5, 5.41) is 0. The molecule has 0 fully saturated rings. The summed E-state index contributed by atoms with van der Waals surface area (Å²) < 4.78 is 12.5. The first-order valence-electron chi connectivity index (χ1n) is 15.7. The number of carbonyl (C=O) groups is 1. The average Bonchev–Trinajstić information content (AvgIpc) is 2.93. The maximum absolute atomic E-state index is 13.1. The molecule has 0 N–H and O–H groups in total. The number of aryl methyl sites for hydroxylation is 1. The van der Waals surface area contributed by atoms with Crippen LogP contribution in [0.5, 0.6) is 5.75 Å². The zero-order valence-corrected chi connectivity index (χ0v) is 25.5. The summed E-state index contributed by atoms with van der Waals surface area (Å²) in [6.45, 7) is 6.16. The zero-order chi connectivity index (χ0) is 28.2. The Morgan fingerprint density at radius 1 is 0.718 bits per heavy atom. The van der Waals surface area contributed by atoms with Crippen LogP contribution >= 0.6 is 0 Å². The number of nitrogens with zero attached hydrogens (tertiary/aromatic N) is 1. The lowest BCUT2D eigenvalue weighted by atomic mass is 10.0. The van der Waals surface area contributed by atoms with E-state index in [1.807, 2.05) is 12.1 Å². The number of hydrogen-bond acceptors (Lipinski definition) is 3. The number of rotatable bonds is 22. The molecular weight excluding hydrogens is 482 g/mol. The molecule has 0 aliphatic heterocycles. The maximum Gasteiger partial charge on any atom is 0.364 e. The van der Waals surface area contributed by atoms with Gasteiger partial charge in [-0.1, -0.05) is 120 Å². The van der Waals surface area contributed by atoms with Gasteiger partial charge in [-0.3, -0.25) is 0 Å². The summed E-state index contributed by atoms with van der Waals surface area (Å²) >= 11 is 0. The molecule has 0 bridgehead atoms. The largest absolute Gasteiger partial charge is 0.493 e. The number of unbranched alkanes of at least 4 members (excludes halogenated alkanes) is 9. The van der Waals surface area contributed by atoms with Gasteiger partial charge in [0.2, 0.25) is 0 Å². The van der Waals surface area contributed by atoms with Crippen LogP contribution in [0.2, 0.25) is 0 Å². The number of esters is 1. The number of hydrogen-bond donors (Lipinski definition) is 0. The molecule has 4 heteroatoms. The fourth-order valence-corrected chi connectivity index (χ4v) is 5.35. The third kappa shape index (κ3) is 13.5. The van der Waals surface area contributed by atoms with Gasteiger partial charge in [0.15, 0.2) is 6.04 Å². The van der Waals surface area contributed by atoms with Crippen LogP contribution in [0.15, 0.2) is 54.6 Å². The van der Waals surface area contributed by atoms with Crippen molar-refractivity contribution in [3.63, 3.8) is 0 Å². The molecule has 2 rings (SSSR count). The maximum atomic E-state index is 13.1. The molecule has 218 valence electrons. The van der Waals surface area contributed by atoms with E-state index in [4.69, 9.17) is 9.47 Å². The van der Waals surface area contributed by atoms with Crippen LogP contribution in [0, 0.1) is 0 Å². The van der Waals surface area contributed by atoms with Crippen molar-refractivity contribution in [3.05, 3.63) is 65.7 Å². The lowest BCUT2D eigenvalue weighted by Gasteiger charge is -2.36. The van der Waals surface area contributed by atoms with E-state index in [-0.39, 0.29) is 12.0 Å². The predicted octanol–water partition coefficient (Wildman–Crippen LogP) is 8.91. The average molecular weight is 539 g/mol. The lowest BCUT2D eigenvalue weighted by Crippen LogP contribution is -2.52. The number of quaternary nitrogens is 1. The molecule has 0 radical (unpaired) electrons. The van der Waals surface area contributed by atoms with Gasteiger partial charge in [-0.2, -0.15) is 0 Å². The highest BCUT2D eigenvalue weighted by molar-refractivity contribution is 5.74. The number of carbonyl (C=O) groups excluding carboxylic acids is 1. The van der Waals surface area contributed by atoms with Gasteiger partial charge >= 0.3 is 5.97 Å². The van der Waals surface area contributed by atoms with Crippen molar-refractivity contribution in [2.24, 2.45) is 0 Å². The van der Waals surface area contributed by atoms with Gasteiger partial charge in [-0.05, 0) is 30.9 Å². The van der Waals surface area contributed by atoms with Crippen molar-refractivity contribution >= 4 is 5.97 Å². The molecule has 39 heavy (non-hydrogen) atoms. The Kier molecular flexibility index (Phi) is 16.6. The summed E-state index contributed by atoms with van der Waals surface area (Å²) in [6.07, 6.45) is 17.0. The molecule has 0 heterocycles. The van der Waals surface area contributed by atoms with E-state index in [1.54, 1.807) is 0 Å². The van der Waals surface area contributed by atoms with Crippen LogP contribution in [0.3, 0.4) is 0 Å². The summed E-state index contributed by atoms with van der Waals surface area (Å²) in [4.78, 5) is 13.1. The molecule has 0 amide bonds. The summed E-state index contributed by atoms with van der Waals surface area (Å²) in [5.74, 6) is 0.878. The Morgan fingerprint density at radius 2 is 1.33 bits per heavy atom. The standard InChI is InChI=1S/C35H56NO3/c1-5-7-8-9-10-11-12-13-14-18-25-32-26-19-20-27-34(32)38-28-21-29-39-35(37)33(22-6-2)36(3,4)30-31-23-16-15-17-24-31/h15-17,19-20,23-24,26-27,33H,5-14,18,21-22,25,28-30H2,1-4H3/q+1. The second kappa shape index (κ2) is 19.7. The van der Waals surface area contributed by atoms with Crippen molar-refractivity contribution in [1.82, 2.24) is 0 Å². The molecule has 0 aromatic heterocycles. The Bertz CT molecular complexity index is 896. The minimum Gasteiger partial charge on any atom is -0.493 e. The molecule has 4 nitrogen and oxygen atoms in total. The fourth-order valence-electron chi connectivity index (χ4n) is 5.35. The number of likely N-dealkylation sites (N-methyl/N-ethyl adjacent to an activating group) is 1. The van der Waals surface area contributed by atoms with Crippen LogP contribution in [0.4, 0.5) is 0 Å². The first-order valence-corrected chi connectivity index (χ1v) is 15.7. The van der Waals surface area contributed by atoms with Crippen molar-refractivity contribution in [1.29, 1.82) is 0 Å². The Labute approximate surface area is 239 Å². The lowest BCUT2D eigenvalue weighted by molar-refractivity contribution is -0.920. The molecule has 2 aromatic carbocycles. The molecule has 0 aliphatic carbocycles. The molecule has 0 spiro atoms. The van der Waals surface area contributed by atoms with Crippen LogP contribution in [-0.2, 0) is 22.5 Å². The quantitative estimate of drug-likeness (QED) is 0.0853. The highest BCUT2D eigenvalue weighted by Gasteiger charge is 2.35. The molecular formula is C35H56NO3+. The highest BCUT2D eigenvalue weighted by Crippen LogP contribution is 2.22. The molecule has 1 unspecified atom stereocenters. The van der Waals surface area contributed by atoms with E-state index >= 15 is 0 Å². The van der Waals surface area contributed by atoms with Crippen LogP contribution in [0.1, 0.15) is 108 Å². The van der Waals surface area contributed by atoms with Crippen molar-refractivity contribution in [2.75, 3.05) is 27.3 Å². The Hall–Kier alpha value is -2.33. The van der Waals surface area contributed by atoms with E-state index in [0.717, 1.165) is 31.6 Å². The van der Waals surface area contributed by atoms with E-state index < -0.39 is 0 Å². The summed E-state index contributed by atoms with van der Waals surface area (Å²) in [7, 11) is 4.26. The van der Waals surface area contributed by atoms with Crippen LogP contribution < -0.4 is 4.74 Å². The van der Waals surface area contributed by atoms with Crippen LogP contribution in [0.25, 0.3) is 0 Å². The van der Waals surface area contributed by atoms with Gasteiger partial charge in [-0.15, -0.1) is 0 Å². The first kappa shape index (κ1) is 32.9. The van der Waals surface area contributed by atoms with Gasteiger partial charge in [0.1, 0.15) is 12.3 Å². The fraction of sp³-hybridized carbons (Fsp3) is 0.629. The van der Waals surface area contributed by atoms with E-state index in [2.05, 4.69) is 70.4 Å². The second-order valence-electron chi connectivity index (χ2n) is 11.6. The van der Waals surface area contributed by atoms with Gasteiger partial charge in [0, 0.05) is 18.4 Å². The molecule has 0 saturated carbocycles. The smallest absolute Gasteiger partial charge is 0.364 e. The Balaban J connectivity index is 1.68. The third-order valence-electron chi connectivity index (χ3n) is 7.67. The van der Waals surface area contributed by atoms with Gasteiger partial charge in [0.05, 0.1) is 27.3 Å². The number of benzene rings is 2. The van der Waals surface area contributed by atoms with E-state index in [0.29, 0.717) is 24.1 Å². The Morgan fingerprint density at radius 3 is 2.00 bits per heavy atom. The first-order chi connectivity index (χ1) is 19.0. The van der Waals surface area contributed by atoms with E-state index in [1.165, 1.54) is 75.3 Å². The number of para-hydroxylation sites is 1. The van der Waals surface area contributed by atoms with E-state index in [9.17, 15) is 4.79 Å². The minimum atomic E-state index is -0.169. The van der Waals surface area contributed by atoms with Gasteiger partial charge in [-0.25, -0.2) is 4.79 Å². The minimum absolute atomic E-state index is 0.0980. The molecule has 1 atom stereocenters. The molecule has 2 aromatic rings. The summed E-state index contributed by atoms with van der Waals surface area (Å²) in [6, 6.07) is 18.6. The number of ether oxygens (including phenoxy) is 2. The van der Waals surface area contributed by atoms with Gasteiger partial charge in [0.25, 0.3) is 0 Å². The van der Waals surface area contributed by atoms with Crippen molar-refractivity contribution in [2.45, 2.75) is 116 Å². The SMILES string of the molecule is CCCCCCCCCCCCc1ccccc1OCCCOC(=O)C(CCC)[N+](C)(C)Cc1ccccc1. The molecule has 0 aliphatic rings. The zero-order valence-electron chi connectivity index (χ0n) is 25.5. The third-order valence-corrected chi connectivity index (χ3v) is 7.67.